The van der Waals surface area contributed by atoms with Crippen LogP contribution in [0.3, 0.4) is 0 Å². The van der Waals surface area contributed by atoms with Gasteiger partial charge in [0.15, 0.2) is 0 Å². The van der Waals surface area contributed by atoms with Crippen LogP contribution in [0.2, 0.25) is 0 Å². The molecular weight excluding hydrogens is 267 g/mol. The average molecular weight is 301 g/mol. The van der Waals surface area contributed by atoms with Crippen LogP contribution in [0.4, 0.5) is 0 Å². The van der Waals surface area contributed by atoms with E-state index in [-0.39, 0.29) is 5.97 Å². The van der Waals surface area contributed by atoms with E-state index < -0.39 is 7.26 Å². The summed E-state index contributed by atoms with van der Waals surface area (Å²) < 4.78 is 4.85. The zero-order valence-corrected chi connectivity index (χ0v) is 14.9. The minimum Gasteiger partial charge on any atom is -0.466 e. The number of ether oxygens (including phenoxy) is 1. The summed E-state index contributed by atoms with van der Waals surface area (Å²) >= 11 is 0. The third-order valence-electron chi connectivity index (χ3n) is 3.96. The lowest BCUT2D eigenvalue weighted by molar-refractivity contribution is -0.135. The summed E-state index contributed by atoms with van der Waals surface area (Å²) in [6, 6.07) is 0. The summed E-state index contributed by atoms with van der Waals surface area (Å²) in [4.78, 5) is 11.7. The summed E-state index contributed by atoms with van der Waals surface area (Å²) in [5.41, 5.74) is 0.698. The maximum absolute atomic E-state index is 11.7. The third-order valence-corrected chi connectivity index (χ3v) is 8.81. The minimum absolute atomic E-state index is 0.209. The van der Waals surface area contributed by atoms with E-state index in [1.165, 1.54) is 64.1 Å². The molecule has 0 saturated heterocycles. The molecule has 0 rings (SSSR count). The van der Waals surface area contributed by atoms with Crippen molar-refractivity contribution in [3.05, 3.63) is 12.2 Å². The van der Waals surface area contributed by atoms with Crippen LogP contribution in [0.15, 0.2) is 12.2 Å². The van der Waals surface area contributed by atoms with Crippen LogP contribution in [0.5, 0.6) is 0 Å². The summed E-state index contributed by atoms with van der Waals surface area (Å²) in [6.45, 7) is 10.7. The first kappa shape index (κ1) is 19.6. The fourth-order valence-electron chi connectivity index (χ4n) is 2.67. The molecule has 0 bridgehead atoms. The second-order valence-corrected chi connectivity index (χ2v) is 10.2. The number of hydrogen-bond acceptors (Lipinski definition) is 2. The smallest absolute Gasteiger partial charge is 0.336 e. The molecule has 0 heterocycles. The molecule has 0 aliphatic heterocycles. The van der Waals surface area contributed by atoms with Crippen molar-refractivity contribution in [3.8, 4) is 0 Å². The highest BCUT2D eigenvalue weighted by atomic mass is 31.2. The van der Waals surface area contributed by atoms with Gasteiger partial charge in [-0.15, -0.1) is 0 Å². The molecule has 0 N–H and O–H groups in total. The van der Waals surface area contributed by atoms with Gasteiger partial charge in [-0.05, 0) is 19.3 Å². The van der Waals surface area contributed by atoms with E-state index in [0.717, 1.165) is 6.16 Å². The van der Waals surface area contributed by atoms with Gasteiger partial charge in [-0.3, -0.25) is 0 Å². The topological polar surface area (TPSA) is 26.3 Å². The van der Waals surface area contributed by atoms with Crippen molar-refractivity contribution >= 4 is 13.2 Å². The molecule has 0 unspecified atom stereocenters. The molecule has 0 saturated carbocycles. The number of hydrogen-bond donors (Lipinski definition) is 0. The van der Waals surface area contributed by atoms with Crippen molar-refractivity contribution in [2.24, 2.45) is 0 Å². The fourth-order valence-corrected chi connectivity index (χ4v) is 7.71. The summed E-state index contributed by atoms with van der Waals surface area (Å²) in [5.74, 6) is -0.209. The van der Waals surface area contributed by atoms with Gasteiger partial charge in [0, 0.05) is 7.26 Å². The van der Waals surface area contributed by atoms with Gasteiger partial charge in [0.1, 0.15) is 0 Å². The SMILES string of the molecule is C=C(C[P+](CCCC)(CCCC)CCCC)C(=O)OC. The Labute approximate surface area is 126 Å². The number of unbranched alkanes of at least 4 members (excludes halogenated alkanes) is 3. The Bertz CT molecular complexity index is 265. The molecule has 118 valence electrons. The van der Waals surface area contributed by atoms with Crippen molar-refractivity contribution < 1.29 is 9.53 Å². The third kappa shape index (κ3) is 7.43. The summed E-state index contributed by atoms with van der Waals surface area (Å²) in [7, 11) is 0.387. The number of carbonyl (C=O) groups excluding carboxylic acids is 1. The maximum atomic E-state index is 11.7. The van der Waals surface area contributed by atoms with E-state index in [0.29, 0.717) is 5.57 Å². The molecule has 0 aromatic heterocycles. The van der Waals surface area contributed by atoms with Crippen LogP contribution < -0.4 is 0 Å². The molecule has 20 heavy (non-hydrogen) atoms. The highest BCUT2D eigenvalue weighted by Crippen LogP contribution is 2.61. The van der Waals surface area contributed by atoms with Crippen LogP contribution in [0.1, 0.15) is 59.3 Å². The Kier molecular flexibility index (Phi) is 11.1. The first-order chi connectivity index (χ1) is 9.55. The molecule has 0 spiro atoms. The summed E-state index contributed by atoms with van der Waals surface area (Å²) in [6.07, 6.45) is 12.5. The Morgan fingerprint density at radius 1 is 0.950 bits per heavy atom. The average Bonchev–Trinajstić information content (AvgIpc) is 2.47. The van der Waals surface area contributed by atoms with Crippen molar-refractivity contribution in [2.45, 2.75) is 59.3 Å². The predicted octanol–water partition coefficient (Wildman–Crippen LogP) is 5.13. The van der Waals surface area contributed by atoms with E-state index in [1.54, 1.807) is 0 Å². The normalized spacial score (nSPS) is 11.4. The van der Waals surface area contributed by atoms with Gasteiger partial charge in [-0.1, -0.05) is 46.6 Å². The van der Waals surface area contributed by atoms with E-state index in [1.807, 2.05) is 0 Å². The van der Waals surface area contributed by atoms with Crippen molar-refractivity contribution in [2.75, 3.05) is 31.8 Å². The van der Waals surface area contributed by atoms with Gasteiger partial charge in [0.2, 0.25) is 0 Å². The molecule has 2 nitrogen and oxygen atoms in total. The first-order valence-corrected chi connectivity index (χ1v) is 10.7. The molecule has 0 aliphatic carbocycles. The Hall–Kier alpha value is -0.360. The lowest BCUT2D eigenvalue weighted by Crippen LogP contribution is -2.17. The Balaban J connectivity index is 4.91. The van der Waals surface area contributed by atoms with Crippen LogP contribution in [-0.2, 0) is 9.53 Å². The molecule has 0 atom stereocenters. The lowest BCUT2D eigenvalue weighted by atomic mass is 10.3. The molecule has 0 aromatic rings. The molecule has 0 aliphatic rings. The highest BCUT2D eigenvalue weighted by Gasteiger charge is 2.37. The van der Waals surface area contributed by atoms with Gasteiger partial charge < -0.3 is 4.74 Å². The molecule has 0 radical (unpaired) electrons. The second kappa shape index (κ2) is 11.3. The molecule has 0 fully saturated rings. The van der Waals surface area contributed by atoms with Crippen LogP contribution >= 0.6 is 7.26 Å². The Morgan fingerprint density at radius 3 is 1.65 bits per heavy atom. The number of carbonyl (C=O) groups is 1. The molecule has 0 aromatic carbocycles. The zero-order valence-electron chi connectivity index (χ0n) is 14.0. The maximum Gasteiger partial charge on any atom is 0.336 e. The van der Waals surface area contributed by atoms with Gasteiger partial charge in [-0.25, -0.2) is 4.79 Å². The standard InChI is InChI=1S/C17H34O2P/c1-6-9-12-20(13-10-7-2,14-11-8-3)15-16(4)17(18)19-5/h4,6-15H2,1-3,5H3/q+1. The zero-order chi connectivity index (χ0) is 15.4. The second-order valence-electron chi connectivity index (χ2n) is 5.83. The molecular formula is C17H34O2P+. The fraction of sp³-hybridized carbons (Fsp3) is 0.824. The summed E-state index contributed by atoms with van der Waals surface area (Å²) in [5, 5.41) is 0. The Morgan fingerprint density at radius 2 is 1.35 bits per heavy atom. The monoisotopic (exact) mass is 301 g/mol. The largest absolute Gasteiger partial charge is 0.466 e. The van der Waals surface area contributed by atoms with Crippen LogP contribution in [-0.4, -0.2) is 37.7 Å². The minimum atomic E-state index is -1.07. The molecule has 3 heteroatoms. The number of esters is 1. The van der Waals surface area contributed by atoms with E-state index >= 15 is 0 Å². The highest BCUT2D eigenvalue weighted by molar-refractivity contribution is 7.76. The van der Waals surface area contributed by atoms with Crippen molar-refractivity contribution in [1.82, 2.24) is 0 Å². The van der Waals surface area contributed by atoms with Crippen molar-refractivity contribution in [1.29, 1.82) is 0 Å². The van der Waals surface area contributed by atoms with E-state index in [2.05, 4.69) is 27.4 Å². The van der Waals surface area contributed by atoms with E-state index in [4.69, 9.17) is 4.74 Å². The predicted molar refractivity (Wildman–Crippen MR) is 92.3 cm³/mol. The van der Waals surface area contributed by atoms with Crippen molar-refractivity contribution in [3.63, 3.8) is 0 Å². The quantitative estimate of drug-likeness (QED) is 0.284. The van der Waals surface area contributed by atoms with Gasteiger partial charge in [-0.2, -0.15) is 0 Å². The molecule has 0 amide bonds. The number of methoxy groups -OCH3 is 1. The van der Waals surface area contributed by atoms with Crippen LogP contribution in [0, 0.1) is 0 Å². The lowest BCUT2D eigenvalue weighted by Gasteiger charge is -2.28. The first-order valence-electron chi connectivity index (χ1n) is 8.16. The number of rotatable bonds is 12. The van der Waals surface area contributed by atoms with Gasteiger partial charge in [0.05, 0.1) is 37.3 Å². The van der Waals surface area contributed by atoms with Gasteiger partial charge >= 0.3 is 5.97 Å². The van der Waals surface area contributed by atoms with Crippen LogP contribution in [0.25, 0.3) is 0 Å². The van der Waals surface area contributed by atoms with E-state index in [9.17, 15) is 4.79 Å². The van der Waals surface area contributed by atoms with Gasteiger partial charge in [0.25, 0.3) is 0 Å².